The zero-order chi connectivity index (χ0) is 10.7. The van der Waals surface area contributed by atoms with Crippen molar-refractivity contribution in [2.24, 2.45) is 0 Å². The molecule has 1 unspecified atom stereocenters. The average molecular weight is 325 g/mol. The summed E-state index contributed by atoms with van der Waals surface area (Å²) in [5.74, 6) is -0.719. The molecule has 0 saturated heterocycles. The molecule has 0 aliphatic rings. The van der Waals surface area contributed by atoms with E-state index < -0.39 is 17.1 Å². The molecule has 14 heavy (non-hydrogen) atoms. The highest BCUT2D eigenvalue weighted by Crippen LogP contribution is 2.22. The van der Waals surface area contributed by atoms with Gasteiger partial charge in [-0.3, -0.25) is 4.21 Å². The maximum atomic E-state index is 13.2. The first-order valence-electron chi connectivity index (χ1n) is 3.30. The molecular weight excluding hydrogens is 322 g/mol. The van der Waals surface area contributed by atoms with Crippen LogP contribution in [0.15, 0.2) is 12.1 Å². The number of nitrogens with zero attached hydrogens (tertiary/aromatic N) is 1. The van der Waals surface area contributed by atoms with Gasteiger partial charge in [-0.15, -0.1) is 0 Å². The molecule has 1 rings (SSSR count). The lowest BCUT2D eigenvalue weighted by atomic mass is 10.2. The van der Waals surface area contributed by atoms with Gasteiger partial charge in [-0.05, 0) is 34.7 Å². The Morgan fingerprint density at radius 3 is 2.79 bits per heavy atom. The summed E-state index contributed by atoms with van der Waals surface area (Å²) in [5, 5.41) is 8.60. The van der Waals surface area contributed by atoms with Crippen molar-refractivity contribution in [2.45, 2.75) is 0 Å². The maximum absolute atomic E-state index is 13.2. The van der Waals surface area contributed by atoms with Gasteiger partial charge in [0.15, 0.2) is 5.82 Å². The van der Waals surface area contributed by atoms with Crippen LogP contribution in [0.5, 0.6) is 0 Å². The molecule has 0 heterocycles. The minimum atomic E-state index is -2.56. The molecule has 1 atom stereocenters. The van der Waals surface area contributed by atoms with Gasteiger partial charge in [-0.2, -0.15) is 5.26 Å². The molecule has 0 fully saturated rings. The SMILES string of the molecule is N#Cc1c(NS(=O)[O-])ccc(I)c1F. The van der Waals surface area contributed by atoms with E-state index in [4.69, 9.17) is 5.26 Å². The summed E-state index contributed by atoms with van der Waals surface area (Å²) in [4.78, 5) is 0. The van der Waals surface area contributed by atoms with E-state index in [1.54, 1.807) is 28.7 Å². The second kappa shape index (κ2) is 4.68. The fourth-order valence-electron chi connectivity index (χ4n) is 0.835. The summed E-state index contributed by atoms with van der Waals surface area (Å²) in [6.45, 7) is 0. The first-order chi connectivity index (χ1) is 6.56. The zero-order valence-corrected chi connectivity index (χ0v) is 9.56. The lowest BCUT2D eigenvalue weighted by Gasteiger charge is -2.10. The number of benzene rings is 1. The van der Waals surface area contributed by atoms with Gasteiger partial charge in [0, 0.05) is 11.3 Å². The Morgan fingerprint density at radius 1 is 1.64 bits per heavy atom. The predicted molar refractivity (Wildman–Crippen MR) is 56.4 cm³/mol. The highest BCUT2D eigenvalue weighted by molar-refractivity contribution is 14.1. The van der Waals surface area contributed by atoms with Gasteiger partial charge in [0.05, 0.1) is 9.26 Å². The molecule has 74 valence electrons. The van der Waals surface area contributed by atoms with E-state index in [1.807, 2.05) is 4.72 Å². The van der Waals surface area contributed by atoms with Crippen molar-refractivity contribution >= 4 is 39.5 Å². The smallest absolute Gasteiger partial charge is 0.156 e. The van der Waals surface area contributed by atoms with Crippen LogP contribution in [-0.4, -0.2) is 8.76 Å². The van der Waals surface area contributed by atoms with E-state index in [1.165, 1.54) is 12.1 Å². The van der Waals surface area contributed by atoms with Gasteiger partial charge >= 0.3 is 0 Å². The third-order valence-corrected chi connectivity index (χ3v) is 2.62. The van der Waals surface area contributed by atoms with Crippen LogP contribution in [0.2, 0.25) is 0 Å². The number of hydrogen-bond donors (Lipinski definition) is 1. The van der Waals surface area contributed by atoms with Crippen molar-refractivity contribution in [2.75, 3.05) is 4.72 Å². The monoisotopic (exact) mass is 325 g/mol. The van der Waals surface area contributed by atoms with Gasteiger partial charge in [-0.25, -0.2) is 4.39 Å². The molecule has 1 N–H and O–H groups in total. The largest absolute Gasteiger partial charge is 0.755 e. The molecular formula is C7H3FIN2O2S-. The topological polar surface area (TPSA) is 76.0 Å². The van der Waals surface area contributed by atoms with Crippen LogP contribution >= 0.6 is 22.6 Å². The van der Waals surface area contributed by atoms with Crippen LogP contribution in [0.3, 0.4) is 0 Å². The molecule has 0 saturated carbocycles. The Kier molecular flexibility index (Phi) is 3.79. The van der Waals surface area contributed by atoms with Crippen molar-refractivity contribution in [1.29, 1.82) is 5.26 Å². The first kappa shape index (κ1) is 11.4. The summed E-state index contributed by atoms with van der Waals surface area (Å²) in [5.41, 5.74) is -0.361. The normalized spacial score (nSPS) is 11.9. The lowest BCUT2D eigenvalue weighted by Crippen LogP contribution is -2.05. The number of anilines is 1. The van der Waals surface area contributed by atoms with Crippen molar-refractivity contribution < 1.29 is 13.2 Å². The summed E-state index contributed by atoms with van der Waals surface area (Å²) in [6.07, 6.45) is 0. The van der Waals surface area contributed by atoms with E-state index in [9.17, 15) is 13.2 Å². The highest BCUT2D eigenvalue weighted by atomic mass is 127. The maximum Gasteiger partial charge on any atom is 0.156 e. The number of nitrogens with one attached hydrogen (secondary N) is 1. The van der Waals surface area contributed by atoms with Crippen LogP contribution in [0.4, 0.5) is 10.1 Å². The molecule has 0 aromatic heterocycles. The number of hydrogen-bond acceptors (Lipinski definition) is 3. The Balaban J connectivity index is 3.26. The molecule has 0 radical (unpaired) electrons. The van der Waals surface area contributed by atoms with Gasteiger partial charge in [-0.1, -0.05) is 0 Å². The zero-order valence-electron chi connectivity index (χ0n) is 6.58. The highest BCUT2D eigenvalue weighted by Gasteiger charge is 2.11. The van der Waals surface area contributed by atoms with E-state index in [0.29, 0.717) is 0 Å². The molecule has 0 spiro atoms. The van der Waals surface area contributed by atoms with Gasteiger partial charge in [0.2, 0.25) is 0 Å². The predicted octanol–water partition coefficient (Wildman–Crippen LogP) is 1.51. The third-order valence-electron chi connectivity index (χ3n) is 1.40. The standard InChI is InChI=1S/C7H4FIN2O2S/c8-7-4(3-10)6(11-14(12)13)2-1-5(7)9/h1-2,11H,(H,12,13)/p-1. The minimum absolute atomic E-state index is 0.0567. The average Bonchev–Trinajstić information content (AvgIpc) is 2.11. The number of rotatable bonds is 2. The number of halogens is 2. The summed E-state index contributed by atoms with van der Waals surface area (Å²) in [7, 11) is 0. The molecule has 0 amide bonds. The van der Waals surface area contributed by atoms with Crippen molar-refractivity contribution in [1.82, 2.24) is 0 Å². The van der Waals surface area contributed by atoms with Crippen molar-refractivity contribution in [3.63, 3.8) is 0 Å². The second-order valence-corrected chi connectivity index (χ2v) is 4.07. The fraction of sp³-hybridized carbons (Fsp3) is 0. The van der Waals surface area contributed by atoms with Gasteiger partial charge in [0.1, 0.15) is 11.6 Å². The van der Waals surface area contributed by atoms with Crippen LogP contribution in [0, 0.1) is 20.7 Å². The van der Waals surface area contributed by atoms with E-state index in [0.717, 1.165) is 0 Å². The molecule has 0 aliphatic carbocycles. The second-order valence-electron chi connectivity index (χ2n) is 2.23. The summed E-state index contributed by atoms with van der Waals surface area (Å²) < 4.78 is 36.0. The number of nitriles is 1. The molecule has 0 aliphatic heterocycles. The minimum Gasteiger partial charge on any atom is -0.755 e. The van der Waals surface area contributed by atoms with E-state index in [2.05, 4.69) is 0 Å². The van der Waals surface area contributed by atoms with Gasteiger partial charge in [0.25, 0.3) is 0 Å². The summed E-state index contributed by atoms with van der Waals surface area (Å²) >= 11 is -0.848. The fourth-order valence-corrected chi connectivity index (χ4v) is 1.63. The van der Waals surface area contributed by atoms with Gasteiger partial charge < -0.3 is 9.27 Å². The Morgan fingerprint density at radius 2 is 2.29 bits per heavy atom. The van der Waals surface area contributed by atoms with Crippen molar-refractivity contribution in [3.8, 4) is 6.07 Å². The van der Waals surface area contributed by atoms with E-state index in [-0.39, 0.29) is 14.8 Å². The quantitative estimate of drug-likeness (QED) is 0.661. The molecule has 1 aromatic rings. The van der Waals surface area contributed by atoms with Crippen LogP contribution in [0.1, 0.15) is 5.56 Å². The molecule has 7 heteroatoms. The lowest BCUT2D eigenvalue weighted by molar-refractivity contribution is 0.542. The Hall–Kier alpha value is -0.720. The molecule has 4 nitrogen and oxygen atoms in total. The molecule has 1 aromatic carbocycles. The van der Waals surface area contributed by atoms with Crippen LogP contribution < -0.4 is 4.72 Å². The van der Waals surface area contributed by atoms with Crippen LogP contribution in [-0.2, 0) is 11.3 Å². The summed E-state index contributed by atoms with van der Waals surface area (Å²) in [6, 6.07) is 4.31. The van der Waals surface area contributed by atoms with E-state index >= 15 is 0 Å². The Bertz CT molecular complexity index is 432. The molecule has 0 bridgehead atoms. The first-order valence-corrected chi connectivity index (χ1v) is 5.45. The Labute approximate surface area is 95.7 Å². The van der Waals surface area contributed by atoms with Crippen LogP contribution in [0.25, 0.3) is 0 Å². The third kappa shape index (κ3) is 2.40. The van der Waals surface area contributed by atoms with Crippen molar-refractivity contribution in [3.05, 3.63) is 27.1 Å².